The Bertz CT molecular complexity index is 575. The lowest BCUT2D eigenvalue weighted by Gasteiger charge is -2.01. The maximum atomic E-state index is 11.2. The zero-order valence-electron chi connectivity index (χ0n) is 8.50. The Morgan fingerprint density at radius 2 is 1.88 bits per heavy atom. The Hall–Kier alpha value is -1.95. The van der Waals surface area contributed by atoms with Gasteiger partial charge in [-0.3, -0.25) is 4.79 Å². The molecule has 2 aromatic rings. The molecular weight excluding hydrogens is 288 g/mol. The molecule has 1 N–H and O–H groups in total. The summed E-state index contributed by atoms with van der Waals surface area (Å²) in [6, 6.07) is 6.19. The quantitative estimate of drug-likeness (QED) is 0.693. The van der Waals surface area contributed by atoms with Crippen molar-refractivity contribution in [2.75, 3.05) is 0 Å². The van der Waals surface area contributed by atoms with Gasteiger partial charge in [0.15, 0.2) is 0 Å². The van der Waals surface area contributed by atoms with Crippen LogP contribution in [0.1, 0.15) is 10.4 Å². The summed E-state index contributed by atoms with van der Waals surface area (Å²) >= 11 is 3.27. The van der Waals surface area contributed by atoms with E-state index >= 15 is 0 Å². The van der Waals surface area contributed by atoms with Crippen LogP contribution in [-0.2, 0) is 4.79 Å². The van der Waals surface area contributed by atoms with Gasteiger partial charge in [0.2, 0.25) is 0 Å². The zero-order valence-corrected chi connectivity index (χ0v) is 10.1. The number of carbonyl (C=O) groups excluding carboxylic acids is 1. The molecule has 0 bridgehead atoms. The van der Waals surface area contributed by atoms with Gasteiger partial charge in [-0.1, -0.05) is 0 Å². The molecule has 0 aliphatic heterocycles. The third-order valence-corrected chi connectivity index (χ3v) is 2.55. The fourth-order valence-electron chi connectivity index (χ4n) is 1.33. The molecule has 0 saturated heterocycles. The Labute approximate surface area is 105 Å². The standard InChI is InChI=1S/C11H7BrN2O3/c12-8-5-13-14(6-8)9-3-1-7(2-4-9)10(15)11(16)17/h1-6H,(H,16,17). The van der Waals surface area contributed by atoms with Crippen LogP contribution in [0, 0.1) is 0 Å². The third kappa shape index (κ3) is 2.42. The Balaban J connectivity index is 2.30. The lowest BCUT2D eigenvalue weighted by molar-refractivity contribution is -0.131. The van der Waals surface area contributed by atoms with Gasteiger partial charge in [0.25, 0.3) is 5.78 Å². The summed E-state index contributed by atoms with van der Waals surface area (Å²) in [5, 5.41) is 12.6. The van der Waals surface area contributed by atoms with E-state index in [0.717, 1.165) is 10.2 Å². The van der Waals surface area contributed by atoms with E-state index in [9.17, 15) is 9.59 Å². The van der Waals surface area contributed by atoms with Crippen molar-refractivity contribution >= 4 is 27.7 Å². The topological polar surface area (TPSA) is 72.2 Å². The first kappa shape index (κ1) is 11.5. The maximum absolute atomic E-state index is 11.2. The molecule has 5 nitrogen and oxygen atoms in total. The van der Waals surface area contributed by atoms with Crippen LogP contribution in [0.2, 0.25) is 0 Å². The van der Waals surface area contributed by atoms with E-state index < -0.39 is 11.8 Å². The maximum Gasteiger partial charge on any atom is 0.377 e. The normalized spacial score (nSPS) is 10.2. The van der Waals surface area contributed by atoms with Crippen molar-refractivity contribution in [3.8, 4) is 5.69 Å². The summed E-state index contributed by atoms with van der Waals surface area (Å²) in [6.07, 6.45) is 3.39. The molecule has 0 fully saturated rings. The molecule has 0 atom stereocenters. The first-order valence-corrected chi connectivity index (χ1v) is 5.45. The van der Waals surface area contributed by atoms with Gasteiger partial charge < -0.3 is 5.11 Å². The first-order chi connectivity index (χ1) is 8.08. The minimum absolute atomic E-state index is 0.146. The van der Waals surface area contributed by atoms with Crippen molar-refractivity contribution in [1.29, 1.82) is 0 Å². The fourth-order valence-corrected chi connectivity index (χ4v) is 1.62. The van der Waals surface area contributed by atoms with Gasteiger partial charge in [-0.05, 0) is 40.2 Å². The first-order valence-electron chi connectivity index (χ1n) is 4.66. The second-order valence-corrected chi connectivity index (χ2v) is 4.20. The number of rotatable bonds is 3. The van der Waals surface area contributed by atoms with Crippen LogP contribution in [0.4, 0.5) is 0 Å². The molecule has 0 unspecified atom stereocenters. The molecule has 0 spiro atoms. The lowest BCUT2D eigenvalue weighted by Crippen LogP contribution is -2.12. The zero-order chi connectivity index (χ0) is 12.4. The molecule has 0 radical (unpaired) electrons. The molecule has 1 aromatic heterocycles. The fraction of sp³-hybridized carbons (Fsp3) is 0. The Morgan fingerprint density at radius 3 is 2.35 bits per heavy atom. The van der Waals surface area contributed by atoms with E-state index in [4.69, 9.17) is 5.11 Å². The summed E-state index contributed by atoms with van der Waals surface area (Å²) in [5.74, 6) is -2.38. The minimum Gasteiger partial charge on any atom is -0.475 e. The molecule has 0 amide bonds. The number of Topliss-reactive ketones (excluding diaryl/α,β-unsaturated/α-hetero) is 1. The number of carboxylic acid groups (broad SMARTS) is 1. The molecule has 0 saturated carbocycles. The summed E-state index contributed by atoms with van der Waals surface area (Å²) in [6.45, 7) is 0. The monoisotopic (exact) mass is 294 g/mol. The smallest absolute Gasteiger partial charge is 0.377 e. The van der Waals surface area contributed by atoms with Gasteiger partial charge in [-0.25, -0.2) is 9.48 Å². The van der Waals surface area contributed by atoms with E-state index in [-0.39, 0.29) is 5.56 Å². The highest BCUT2D eigenvalue weighted by molar-refractivity contribution is 9.10. The number of ketones is 1. The summed E-state index contributed by atoms with van der Waals surface area (Å²) in [4.78, 5) is 21.7. The predicted octanol–water partition coefficient (Wildman–Crippen LogP) is 1.90. The number of carbonyl (C=O) groups is 2. The second kappa shape index (κ2) is 4.50. The molecular formula is C11H7BrN2O3. The molecule has 17 heavy (non-hydrogen) atoms. The number of benzene rings is 1. The Kier molecular flexibility index (Phi) is 3.06. The summed E-state index contributed by atoms with van der Waals surface area (Å²) in [5.41, 5.74) is 0.894. The summed E-state index contributed by atoms with van der Waals surface area (Å²) in [7, 11) is 0. The molecule has 0 aliphatic rings. The van der Waals surface area contributed by atoms with Crippen LogP contribution in [-0.4, -0.2) is 26.6 Å². The van der Waals surface area contributed by atoms with Crippen molar-refractivity contribution < 1.29 is 14.7 Å². The highest BCUT2D eigenvalue weighted by Gasteiger charge is 2.13. The van der Waals surface area contributed by atoms with Gasteiger partial charge in [0, 0.05) is 11.8 Å². The number of nitrogens with zero attached hydrogens (tertiary/aromatic N) is 2. The van der Waals surface area contributed by atoms with Crippen LogP contribution in [0.5, 0.6) is 0 Å². The third-order valence-electron chi connectivity index (χ3n) is 2.14. The predicted molar refractivity (Wildman–Crippen MR) is 63.2 cm³/mol. The number of carboxylic acids is 1. The summed E-state index contributed by atoms with van der Waals surface area (Å²) < 4.78 is 2.45. The number of halogens is 1. The molecule has 6 heteroatoms. The van der Waals surface area contributed by atoms with Crippen LogP contribution >= 0.6 is 15.9 Å². The van der Waals surface area contributed by atoms with Crippen molar-refractivity contribution in [1.82, 2.24) is 9.78 Å². The van der Waals surface area contributed by atoms with Crippen LogP contribution < -0.4 is 0 Å². The van der Waals surface area contributed by atoms with Crippen LogP contribution in [0.25, 0.3) is 5.69 Å². The SMILES string of the molecule is O=C(O)C(=O)c1ccc(-n2cc(Br)cn2)cc1. The van der Waals surface area contributed by atoms with E-state index in [1.807, 2.05) is 0 Å². The lowest BCUT2D eigenvalue weighted by atomic mass is 10.1. The molecule has 1 aromatic carbocycles. The van der Waals surface area contributed by atoms with Crippen molar-refractivity contribution in [2.24, 2.45) is 0 Å². The average Bonchev–Trinajstić information content (AvgIpc) is 2.75. The molecule has 2 rings (SSSR count). The molecule has 1 heterocycles. The number of aliphatic carboxylic acids is 1. The van der Waals surface area contributed by atoms with Gasteiger partial charge >= 0.3 is 5.97 Å². The number of hydrogen-bond donors (Lipinski definition) is 1. The number of aromatic nitrogens is 2. The minimum atomic E-state index is -1.46. The van der Waals surface area contributed by atoms with Gasteiger partial charge in [-0.15, -0.1) is 0 Å². The van der Waals surface area contributed by atoms with Gasteiger partial charge in [0.1, 0.15) is 0 Å². The molecule has 86 valence electrons. The largest absolute Gasteiger partial charge is 0.475 e. The van der Waals surface area contributed by atoms with E-state index in [1.54, 1.807) is 29.2 Å². The van der Waals surface area contributed by atoms with Crippen molar-refractivity contribution in [2.45, 2.75) is 0 Å². The van der Waals surface area contributed by atoms with Gasteiger partial charge in [-0.2, -0.15) is 5.10 Å². The number of hydrogen-bond acceptors (Lipinski definition) is 3. The second-order valence-electron chi connectivity index (χ2n) is 3.28. The van der Waals surface area contributed by atoms with Crippen molar-refractivity contribution in [3.63, 3.8) is 0 Å². The van der Waals surface area contributed by atoms with E-state index in [2.05, 4.69) is 21.0 Å². The van der Waals surface area contributed by atoms with Crippen LogP contribution in [0.15, 0.2) is 41.1 Å². The highest BCUT2D eigenvalue weighted by atomic mass is 79.9. The van der Waals surface area contributed by atoms with Gasteiger partial charge in [0.05, 0.1) is 16.4 Å². The Morgan fingerprint density at radius 1 is 1.24 bits per heavy atom. The van der Waals surface area contributed by atoms with E-state index in [1.165, 1.54) is 12.1 Å². The molecule has 0 aliphatic carbocycles. The average molecular weight is 295 g/mol. The van der Waals surface area contributed by atoms with Crippen molar-refractivity contribution in [3.05, 3.63) is 46.7 Å². The van der Waals surface area contributed by atoms with Crippen LogP contribution in [0.3, 0.4) is 0 Å². The van der Waals surface area contributed by atoms with E-state index in [0.29, 0.717) is 0 Å². The highest BCUT2D eigenvalue weighted by Crippen LogP contribution is 2.13.